The van der Waals surface area contributed by atoms with Gasteiger partial charge in [0.25, 0.3) is 0 Å². The van der Waals surface area contributed by atoms with Gasteiger partial charge in [-0.05, 0) is 8.02 Å². The van der Waals surface area contributed by atoms with Crippen LogP contribution >= 0.6 is 8.02 Å². The largest absolute Gasteiger partial charge is 2.00 e. The molecule has 4 heteroatoms. The third kappa shape index (κ3) is 67.4. The fourth-order valence-electron chi connectivity index (χ4n) is 0. The minimum Gasteiger partial charge on any atom is -0.814 e. The molecular formula is C4H10NPSW. The summed E-state index contributed by atoms with van der Waals surface area (Å²) in [4.78, 5) is 0. The Morgan fingerprint density at radius 1 is 1.62 bits per heavy atom. The molecule has 0 aliphatic rings. The van der Waals surface area contributed by atoms with Crippen molar-refractivity contribution >= 4 is 26.0 Å². The van der Waals surface area contributed by atoms with E-state index in [0.29, 0.717) is 0 Å². The quantitative estimate of drug-likeness (QED) is 0.412. The summed E-state index contributed by atoms with van der Waals surface area (Å²) in [5, 5.41) is 7.75. The van der Waals surface area contributed by atoms with Crippen LogP contribution in [0.2, 0.25) is 0 Å². The summed E-state index contributed by atoms with van der Waals surface area (Å²) in [6.07, 6.45) is 1.88. The first-order valence-corrected chi connectivity index (χ1v) is 3.21. The molecule has 0 aromatic heterocycles. The van der Waals surface area contributed by atoms with Gasteiger partial charge in [-0.1, -0.05) is 25.2 Å². The normalized spacial score (nSPS) is 3.62. The van der Waals surface area contributed by atoms with E-state index in [0.717, 1.165) is 12.6 Å². The summed E-state index contributed by atoms with van der Waals surface area (Å²) in [6.45, 7) is 1.88. The van der Waals surface area contributed by atoms with E-state index in [-0.39, 0.29) is 28.5 Å². The molecule has 0 aromatic carbocycles. The van der Waals surface area contributed by atoms with Gasteiger partial charge in [-0.3, -0.25) is 0 Å². The molecule has 0 unspecified atom stereocenters. The molecule has 1 nitrogen and oxygen atoms in total. The summed E-state index contributed by atoms with van der Waals surface area (Å²) in [6, 6.07) is 0. The van der Waals surface area contributed by atoms with Crippen LogP contribution in [0.5, 0.6) is 0 Å². The molecule has 0 bridgehead atoms. The van der Waals surface area contributed by atoms with E-state index >= 15 is 0 Å². The molecule has 0 N–H and O–H groups in total. The Morgan fingerprint density at radius 2 is 1.75 bits per heavy atom. The predicted octanol–water partition coefficient (Wildman–Crippen LogP) is 2.08. The molecule has 8 heavy (non-hydrogen) atoms. The van der Waals surface area contributed by atoms with E-state index in [1.165, 1.54) is 0 Å². The first-order chi connectivity index (χ1) is 2.91. The van der Waals surface area contributed by atoms with Gasteiger partial charge in [0, 0.05) is 0 Å². The molecule has 0 aliphatic heterocycles. The minimum atomic E-state index is 0. The van der Waals surface area contributed by atoms with Crippen LogP contribution in [0, 0.1) is 7.43 Å². The SMILES string of the molecule is CCC=[N-].P=S.[CH3-].[W+2]. The average Bonchev–Trinajstić information content (AvgIpc) is 1.72. The number of hydrogen-bond acceptors (Lipinski definition) is 1. The molecule has 0 aromatic rings. The Hall–Kier alpha value is 0.878. The number of hydrogen-bond donors (Lipinski definition) is 0. The van der Waals surface area contributed by atoms with Crippen LogP contribution in [0.1, 0.15) is 13.3 Å². The van der Waals surface area contributed by atoms with Crippen molar-refractivity contribution in [2.75, 3.05) is 0 Å². The number of rotatable bonds is 1. The van der Waals surface area contributed by atoms with Crippen molar-refractivity contribution in [2.45, 2.75) is 13.3 Å². The van der Waals surface area contributed by atoms with Gasteiger partial charge in [-0.15, -0.1) is 0 Å². The van der Waals surface area contributed by atoms with Crippen molar-refractivity contribution in [3.63, 3.8) is 0 Å². The smallest absolute Gasteiger partial charge is 0.814 e. The van der Waals surface area contributed by atoms with Crippen LogP contribution in [-0.4, -0.2) is 6.21 Å². The van der Waals surface area contributed by atoms with E-state index in [2.05, 4.69) is 19.8 Å². The fraction of sp³-hybridized carbons (Fsp3) is 0.500. The van der Waals surface area contributed by atoms with Gasteiger partial charge in [-0.25, -0.2) is 6.21 Å². The van der Waals surface area contributed by atoms with E-state index in [1.807, 2.05) is 6.92 Å². The van der Waals surface area contributed by atoms with Crippen molar-refractivity contribution in [1.29, 1.82) is 0 Å². The van der Waals surface area contributed by atoms with Gasteiger partial charge < -0.3 is 12.8 Å². The topological polar surface area (TPSA) is 22.3 Å². The monoisotopic (exact) mass is 319 g/mol. The van der Waals surface area contributed by atoms with Crippen LogP contribution in [0.25, 0.3) is 5.41 Å². The second-order valence-electron chi connectivity index (χ2n) is 0.591. The average molecular weight is 319 g/mol. The molecule has 0 atom stereocenters. The molecule has 0 heterocycles. The maximum absolute atomic E-state index is 7.75. The molecule has 0 saturated carbocycles. The zero-order valence-corrected chi connectivity index (χ0v) is 9.80. The summed E-state index contributed by atoms with van der Waals surface area (Å²) in [5.41, 5.74) is 0. The van der Waals surface area contributed by atoms with Crippen molar-refractivity contribution in [1.82, 2.24) is 0 Å². The molecule has 0 aliphatic carbocycles. The molecule has 0 radical (unpaired) electrons. The summed E-state index contributed by atoms with van der Waals surface area (Å²) >= 11 is 3.89. The maximum atomic E-state index is 7.75. The third-order valence-corrected chi connectivity index (χ3v) is 0.183. The predicted molar refractivity (Wildman–Crippen MR) is 41.8 cm³/mol. The van der Waals surface area contributed by atoms with Crippen LogP contribution in [0.15, 0.2) is 0 Å². The molecule has 0 saturated heterocycles. The maximum Gasteiger partial charge on any atom is 2.00 e. The Labute approximate surface area is 73.3 Å². The Kier molecular flexibility index (Phi) is 130. The molecule has 0 amide bonds. The summed E-state index contributed by atoms with van der Waals surface area (Å²) in [7, 11) is 2.56. The van der Waals surface area contributed by atoms with Crippen LogP contribution in [0.3, 0.4) is 0 Å². The minimum absolute atomic E-state index is 0. The standard InChI is InChI=1S/C3H6N.CH3.HPS.W/c1-2-3-4;;1-2;/h3H,2H2,1H3;1H3;1H;/q2*-1;;+2. The van der Waals surface area contributed by atoms with Gasteiger partial charge in [0.05, 0.1) is 0 Å². The second kappa shape index (κ2) is 45.0. The molecule has 0 rings (SSSR count). The van der Waals surface area contributed by atoms with Gasteiger partial charge in [0.1, 0.15) is 0 Å². The molecule has 0 fully saturated rings. The van der Waals surface area contributed by atoms with Crippen LogP contribution < -0.4 is 0 Å². The van der Waals surface area contributed by atoms with E-state index < -0.39 is 0 Å². The first-order valence-electron chi connectivity index (χ1n) is 1.58. The zero-order valence-electron chi connectivity index (χ0n) is 5.05. The Morgan fingerprint density at radius 3 is 1.75 bits per heavy atom. The second-order valence-corrected chi connectivity index (χ2v) is 0.591. The third-order valence-electron chi connectivity index (χ3n) is 0.183. The molecule has 48 valence electrons. The summed E-state index contributed by atoms with van der Waals surface area (Å²) in [5.74, 6) is 0. The van der Waals surface area contributed by atoms with E-state index in [4.69, 9.17) is 5.41 Å². The Balaban J connectivity index is -0.0000000183. The van der Waals surface area contributed by atoms with Gasteiger partial charge >= 0.3 is 21.1 Å². The van der Waals surface area contributed by atoms with Crippen molar-refractivity contribution in [3.05, 3.63) is 12.8 Å². The zero-order chi connectivity index (χ0) is 5.41. The first kappa shape index (κ1) is 23.2. The molecular weight excluding hydrogens is 309 g/mol. The van der Waals surface area contributed by atoms with Crippen molar-refractivity contribution in [2.24, 2.45) is 0 Å². The summed E-state index contributed by atoms with van der Waals surface area (Å²) < 4.78 is 0. The van der Waals surface area contributed by atoms with Gasteiger partial charge in [-0.2, -0.15) is 0 Å². The van der Waals surface area contributed by atoms with Gasteiger partial charge in [0.15, 0.2) is 0 Å². The Bertz CT molecular complexity index is 37.2. The van der Waals surface area contributed by atoms with E-state index in [9.17, 15) is 0 Å². The van der Waals surface area contributed by atoms with Crippen molar-refractivity contribution in [3.8, 4) is 0 Å². The fourth-order valence-corrected chi connectivity index (χ4v) is 0. The van der Waals surface area contributed by atoms with Gasteiger partial charge in [0.2, 0.25) is 0 Å². The molecule has 0 spiro atoms. The van der Waals surface area contributed by atoms with Crippen LogP contribution in [-0.2, 0) is 32.9 Å². The number of nitrogens with zero attached hydrogens (tertiary/aromatic N) is 1. The van der Waals surface area contributed by atoms with E-state index in [1.54, 1.807) is 0 Å². The van der Waals surface area contributed by atoms with Crippen molar-refractivity contribution < 1.29 is 21.1 Å². The van der Waals surface area contributed by atoms with Crippen LogP contribution in [0.4, 0.5) is 0 Å².